The lowest BCUT2D eigenvalue weighted by Crippen LogP contribution is -2.58. The average molecular weight is 490 g/mol. The smallest absolute Gasteiger partial charge is 0.326 e. The molecular weight excluding hydrogens is 454 g/mol. The van der Waals surface area contributed by atoms with Crippen LogP contribution < -0.4 is 33.2 Å². The van der Waals surface area contributed by atoms with Crippen LogP contribution >= 0.6 is 0 Å². The first kappa shape index (κ1) is 30.5. The van der Waals surface area contributed by atoms with E-state index in [1.165, 1.54) is 0 Å². The Bertz CT molecular complexity index is 755. The highest BCUT2D eigenvalue weighted by atomic mass is 16.4. The van der Waals surface area contributed by atoms with Crippen LogP contribution in [0.5, 0.6) is 0 Å². The van der Waals surface area contributed by atoms with Gasteiger partial charge in [0.1, 0.15) is 18.1 Å². The number of rotatable bonds is 16. The first-order chi connectivity index (χ1) is 15.8. The van der Waals surface area contributed by atoms with E-state index in [1.807, 2.05) is 0 Å². The lowest BCUT2D eigenvalue weighted by Gasteiger charge is -2.24. The van der Waals surface area contributed by atoms with E-state index in [0.29, 0.717) is 0 Å². The van der Waals surface area contributed by atoms with Crippen molar-refractivity contribution < 1.29 is 39.3 Å². The second-order valence-corrected chi connectivity index (χ2v) is 7.86. The molecule has 0 bridgehead atoms. The predicted octanol–water partition coefficient (Wildman–Crippen LogP) is -3.58. The van der Waals surface area contributed by atoms with Crippen LogP contribution in [-0.2, 0) is 24.0 Å². The highest BCUT2D eigenvalue weighted by molar-refractivity contribution is 5.94. The molecule has 0 spiro atoms. The van der Waals surface area contributed by atoms with Crippen molar-refractivity contribution in [3.8, 4) is 0 Å². The monoisotopic (exact) mass is 489 g/mol. The quantitative estimate of drug-likeness (QED) is 0.0580. The first-order valence-corrected chi connectivity index (χ1v) is 10.6. The van der Waals surface area contributed by atoms with E-state index < -0.39 is 66.9 Å². The van der Waals surface area contributed by atoms with E-state index in [2.05, 4.69) is 20.9 Å². The van der Waals surface area contributed by atoms with Gasteiger partial charge in [0.15, 0.2) is 5.96 Å². The molecule has 15 nitrogen and oxygen atoms in total. The molecule has 0 aliphatic rings. The Morgan fingerprint density at radius 2 is 1.38 bits per heavy atom. The molecule has 194 valence electrons. The lowest BCUT2D eigenvalue weighted by atomic mass is 10.0. The van der Waals surface area contributed by atoms with Crippen LogP contribution in [-0.4, -0.2) is 88.3 Å². The zero-order chi connectivity index (χ0) is 26.4. The molecule has 0 aliphatic carbocycles. The van der Waals surface area contributed by atoms with E-state index in [4.69, 9.17) is 22.3 Å². The second-order valence-electron chi connectivity index (χ2n) is 7.86. The van der Waals surface area contributed by atoms with Crippen LogP contribution in [0, 0.1) is 5.92 Å². The molecule has 0 saturated carbocycles. The number of aliphatic hydroxyl groups is 1. The van der Waals surface area contributed by atoms with Crippen LogP contribution in [0.3, 0.4) is 0 Å². The number of carbonyl (C=O) groups excluding carboxylic acids is 3. The number of carboxylic acid groups (broad SMARTS) is 2. The number of aliphatic imine (C=N–C) groups is 1. The molecule has 0 fully saturated rings. The van der Waals surface area contributed by atoms with Gasteiger partial charge in [0.2, 0.25) is 17.7 Å². The number of nitrogens with one attached hydrogen (secondary N) is 3. The van der Waals surface area contributed by atoms with Crippen molar-refractivity contribution in [2.24, 2.45) is 28.1 Å². The maximum Gasteiger partial charge on any atom is 0.326 e. The van der Waals surface area contributed by atoms with Gasteiger partial charge in [-0.05, 0) is 25.2 Å². The molecule has 0 aromatic carbocycles. The summed E-state index contributed by atoms with van der Waals surface area (Å²) in [6.07, 6.45) is -0.713. The third-order valence-corrected chi connectivity index (χ3v) is 4.68. The number of nitrogens with zero attached hydrogens (tertiary/aromatic N) is 1. The van der Waals surface area contributed by atoms with E-state index >= 15 is 0 Å². The second kappa shape index (κ2) is 15.4. The summed E-state index contributed by atoms with van der Waals surface area (Å²) in [5, 5.41) is 34.4. The number of carboxylic acids is 2. The maximum absolute atomic E-state index is 12.7. The van der Waals surface area contributed by atoms with Crippen LogP contribution in [0.4, 0.5) is 0 Å². The molecule has 0 rings (SSSR count). The van der Waals surface area contributed by atoms with Gasteiger partial charge in [-0.15, -0.1) is 0 Å². The zero-order valence-corrected chi connectivity index (χ0v) is 19.2. The van der Waals surface area contributed by atoms with Crippen molar-refractivity contribution >= 4 is 35.6 Å². The van der Waals surface area contributed by atoms with Crippen LogP contribution in [0.2, 0.25) is 0 Å². The van der Waals surface area contributed by atoms with E-state index in [-0.39, 0.29) is 37.7 Å². The van der Waals surface area contributed by atoms with Gasteiger partial charge in [-0.25, -0.2) is 4.79 Å². The van der Waals surface area contributed by atoms with E-state index in [1.54, 1.807) is 13.8 Å². The van der Waals surface area contributed by atoms with E-state index in [9.17, 15) is 34.2 Å². The topological polar surface area (TPSA) is 273 Å². The van der Waals surface area contributed by atoms with Crippen molar-refractivity contribution in [1.29, 1.82) is 0 Å². The molecule has 4 atom stereocenters. The SMILES string of the molecule is CC(C)C(N)C(=O)NC(CO)C(=O)NC(CCCN=C(N)N)C(=O)NC(CCC(=O)O)C(=O)O. The number of aliphatic carboxylic acids is 2. The lowest BCUT2D eigenvalue weighted by molar-refractivity contribution is -0.143. The van der Waals surface area contributed by atoms with Crippen molar-refractivity contribution in [1.82, 2.24) is 16.0 Å². The van der Waals surface area contributed by atoms with Gasteiger partial charge in [0.05, 0.1) is 12.6 Å². The van der Waals surface area contributed by atoms with E-state index in [0.717, 1.165) is 0 Å². The van der Waals surface area contributed by atoms with Crippen molar-refractivity contribution in [3.63, 3.8) is 0 Å². The average Bonchev–Trinajstić information content (AvgIpc) is 2.75. The summed E-state index contributed by atoms with van der Waals surface area (Å²) in [5.74, 6) is -5.63. The largest absolute Gasteiger partial charge is 0.481 e. The minimum absolute atomic E-state index is 0.0305. The molecule has 4 unspecified atom stereocenters. The normalized spacial score (nSPS) is 14.3. The van der Waals surface area contributed by atoms with Crippen LogP contribution in [0.25, 0.3) is 0 Å². The van der Waals surface area contributed by atoms with Gasteiger partial charge in [-0.2, -0.15) is 0 Å². The fourth-order valence-electron chi connectivity index (χ4n) is 2.61. The summed E-state index contributed by atoms with van der Waals surface area (Å²) >= 11 is 0. The van der Waals surface area contributed by atoms with Gasteiger partial charge in [-0.3, -0.25) is 24.2 Å². The number of guanidine groups is 1. The Morgan fingerprint density at radius 1 is 0.853 bits per heavy atom. The molecule has 0 aromatic heterocycles. The minimum atomic E-state index is -1.52. The Morgan fingerprint density at radius 3 is 1.85 bits per heavy atom. The number of aliphatic hydroxyl groups excluding tert-OH is 1. The van der Waals surface area contributed by atoms with Crippen molar-refractivity contribution in [2.75, 3.05) is 13.2 Å². The Hall–Kier alpha value is -3.46. The molecule has 15 heteroatoms. The number of hydrogen-bond acceptors (Lipinski definition) is 8. The summed E-state index contributed by atoms with van der Waals surface area (Å²) in [4.78, 5) is 63.4. The first-order valence-electron chi connectivity index (χ1n) is 10.6. The molecule has 12 N–H and O–H groups in total. The maximum atomic E-state index is 12.7. The van der Waals surface area contributed by atoms with Gasteiger partial charge in [0, 0.05) is 13.0 Å². The predicted molar refractivity (Wildman–Crippen MR) is 120 cm³/mol. The number of hydrogen-bond donors (Lipinski definition) is 9. The number of amides is 3. The van der Waals surface area contributed by atoms with Gasteiger partial charge in [-0.1, -0.05) is 13.8 Å². The Labute approximate surface area is 196 Å². The number of carbonyl (C=O) groups is 5. The fraction of sp³-hybridized carbons (Fsp3) is 0.684. The van der Waals surface area contributed by atoms with Crippen LogP contribution in [0.1, 0.15) is 39.5 Å². The van der Waals surface area contributed by atoms with Gasteiger partial charge >= 0.3 is 11.9 Å². The summed E-state index contributed by atoms with van der Waals surface area (Å²) < 4.78 is 0. The van der Waals surface area contributed by atoms with Crippen molar-refractivity contribution in [3.05, 3.63) is 0 Å². The zero-order valence-electron chi connectivity index (χ0n) is 19.2. The molecule has 0 saturated heterocycles. The Kier molecular flexibility index (Phi) is 13.8. The summed E-state index contributed by atoms with van der Waals surface area (Å²) in [7, 11) is 0. The van der Waals surface area contributed by atoms with Crippen LogP contribution in [0.15, 0.2) is 4.99 Å². The highest BCUT2D eigenvalue weighted by Gasteiger charge is 2.30. The number of nitrogens with two attached hydrogens (primary N) is 3. The summed E-state index contributed by atoms with van der Waals surface area (Å²) in [6, 6.07) is -5.17. The fourth-order valence-corrected chi connectivity index (χ4v) is 2.61. The third kappa shape index (κ3) is 12.0. The summed E-state index contributed by atoms with van der Waals surface area (Å²) in [5.41, 5.74) is 16.2. The molecular formula is C19H35N7O8. The minimum Gasteiger partial charge on any atom is -0.481 e. The molecule has 0 aromatic rings. The molecule has 0 aliphatic heterocycles. The third-order valence-electron chi connectivity index (χ3n) is 4.68. The van der Waals surface area contributed by atoms with Crippen molar-refractivity contribution in [2.45, 2.75) is 63.7 Å². The highest BCUT2D eigenvalue weighted by Crippen LogP contribution is 2.05. The standard InChI is InChI=1S/C19H35N7O8/c1-9(2)14(20)17(32)26-12(8-27)16(31)24-10(4-3-7-23-19(21)22)15(30)25-11(18(33)34)5-6-13(28)29/h9-12,14,27H,3-8,20H2,1-2H3,(H,24,31)(H,25,30)(H,26,32)(H,28,29)(H,33,34)(H4,21,22,23). The molecule has 0 heterocycles. The Balaban J connectivity index is 5.44. The molecule has 0 radical (unpaired) electrons. The molecule has 3 amide bonds. The van der Waals surface area contributed by atoms with Gasteiger partial charge < -0.3 is 48.5 Å². The summed E-state index contributed by atoms with van der Waals surface area (Å²) in [6.45, 7) is 2.70. The van der Waals surface area contributed by atoms with Gasteiger partial charge in [0.25, 0.3) is 0 Å². The molecule has 34 heavy (non-hydrogen) atoms.